The van der Waals surface area contributed by atoms with Gasteiger partial charge in [-0.15, -0.1) is 11.3 Å². The molecule has 2 heterocycles. The maximum atomic E-state index is 6.05. The number of hydrogen-bond donors (Lipinski definition) is 1. The molecule has 2 N–H and O–H groups in total. The molecule has 2 rings (SSSR count). The minimum Gasteiger partial charge on any atom is -0.375 e. The van der Waals surface area contributed by atoms with Crippen molar-refractivity contribution in [1.82, 2.24) is 14.8 Å². The predicted molar refractivity (Wildman–Crippen MR) is 62.3 cm³/mol. The summed E-state index contributed by atoms with van der Waals surface area (Å²) in [5, 5.41) is 5.65. The highest BCUT2D eigenvalue weighted by atomic mass is 35.5. The van der Waals surface area contributed by atoms with Crippen molar-refractivity contribution in [3.8, 4) is 0 Å². The van der Waals surface area contributed by atoms with Gasteiger partial charge in [0, 0.05) is 11.1 Å². The van der Waals surface area contributed by atoms with Crippen LogP contribution in [0.2, 0.25) is 5.02 Å². The first-order valence-corrected chi connectivity index (χ1v) is 5.67. The van der Waals surface area contributed by atoms with Gasteiger partial charge in [-0.2, -0.15) is 5.10 Å². The number of aryl methyl sites for hydroxylation is 1. The Kier molecular flexibility index (Phi) is 2.67. The van der Waals surface area contributed by atoms with Crippen molar-refractivity contribution in [2.45, 2.75) is 20.4 Å². The zero-order valence-corrected chi connectivity index (χ0v) is 10.1. The molecular formula is C9H11ClN4S. The fourth-order valence-electron chi connectivity index (χ4n) is 1.37. The Bertz CT molecular complexity index is 488. The summed E-state index contributed by atoms with van der Waals surface area (Å²) in [6.07, 6.45) is 1.77. The van der Waals surface area contributed by atoms with Crippen LogP contribution in [0, 0.1) is 13.8 Å². The van der Waals surface area contributed by atoms with Crippen LogP contribution in [0.5, 0.6) is 0 Å². The van der Waals surface area contributed by atoms with E-state index in [2.05, 4.69) is 10.1 Å². The Morgan fingerprint density at radius 2 is 2.27 bits per heavy atom. The van der Waals surface area contributed by atoms with Gasteiger partial charge in [0.25, 0.3) is 0 Å². The Morgan fingerprint density at radius 3 is 2.73 bits per heavy atom. The average Bonchev–Trinajstić information content (AvgIpc) is 2.68. The summed E-state index contributed by atoms with van der Waals surface area (Å²) in [6.45, 7) is 4.52. The van der Waals surface area contributed by atoms with Crippen molar-refractivity contribution in [3.63, 3.8) is 0 Å². The van der Waals surface area contributed by atoms with Gasteiger partial charge in [-0.05, 0) is 13.8 Å². The molecule has 0 aliphatic carbocycles. The number of thiazole rings is 1. The van der Waals surface area contributed by atoms with Crippen LogP contribution in [0.4, 0.5) is 5.13 Å². The third kappa shape index (κ3) is 1.98. The Labute approximate surface area is 96.7 Å². The highest BCUT2D eigenvalue weighted by Gasteiger charge is 2.10. The molecule has 0 aliphatic rings. The molecule has 0 spiro atoms. The van der Waals surface area contributed by atoms with Crippen LogP contribution < -0.4 is 5.73 Å². The summed E-state index contributed by atoms with van der Waals surface area (Å²) in [6, 6.07) is 0. The molecule has 0 amide bonds. The fraction of sp³-hybridized carbons (Fsp3) is 0.333. The predicted octanol–water partition coefficient (Wildman–Crippen LogP) is 2.24. The smallest absolute Gasteiger partial charge is 0.180 e. The Balaban J connectivity index is 2.28. The average molecular weight is 243 g/mol. The first kappa shape index (κ1) is 10.4. The number of nitrogens with two attached hydrogens (primary N) is 1. The van der Waals surface area contributed by atoms with Gasteiger partial charge in [0.15, 0.2) is 5.13 Å². The topological polar surface area (TPSA) is 56.7 Å². The van der Waals surface area contributed by atoms with Crippen molar-refractivity contribution >= 4 is 28.1 Å². The second-order valence-electron chi connectivity index (χ2n) is 3.31. The van der Waals surface area contributed by atoms with Crippen LogP contribution in [0.3, 0.4) is 0 Å². The van der Waals surface area contributed by atoms with Gasteiger partial charge in [-0.25, -0.2) is 4.98 Å². The monoisotopic (exact) mass is 242 g/mol. The molecule has 2 aromatic rings. The zero-order valence-electron chi connectivity index (χ0n) is 8.49. The quantitative estimate of drug-likeness (QED) is 0.879. The van der Waals surface area contributed by atoms with Gasteiger partial charge in [-0.1, -0.05) is 11.6 Å². The first-order chi connectivity index (χ1) is 7.08. The second kappa shape index (κ2) is 3.83. The van der Waals surface area contributed by atoms with E-state index in [1.807, 2.05) is 18.5 Å². The zero-order chi connectivity index (χ0) is 11.0. The molecule has 0 saturated carbocycles. The van der Waals surface area contributed by atoms with Crippen molar-refractivity contribution < 1.29 is 0 Å². The molecular weight excluding hydrogens is 232 g/mol. The van der Waals surface area contributed by atoms with E-state index in [4.69, 9.17) is 17.3 Å². The summed E-state index contributed by atoms with van der Waals surface area (Å²) in [4.78, 5) is 5.07. The Morgan fingerprint density at radius 1 is 1.53 bits per heavy atom. The summed E-state index contributed by atoms with van der Waals surface area (Å²) in [5.41, 5.74) is 7.38. The van der Waals surface area contributed by atoms with E-state index in [0.717, 1.165) is 21.3 Å². The number of aromatic nitrogens is 3. The molecule has 0 fully saturated rings. The third-order valence-electron chi connectivity index (χ3n) is 2.17. The van der Waals surface area contributed by atoms with Crippen molar-refractivity contribution in [2.24, 2.45) is 0 Å². The van der Waals surface area contributed by atoms with Crippen LogP contribution in [0.15, 0.2) is 6.20 Å². The van der Waals surface area contributed by atoms with Gasteiger partial charge in [0.05, 0.1) is 23.0 Å². The van der Waals surface area contributed by atoms with Gasteiger partial charge in [0.2, 0.25) is 0 Å². The van der Waals surface area contributed by atoms with Gasteiger partial charge < -0.3 is 5.73 Å². The van der Waals surface area contributed by atoms with Gasteiger partial charge >= 0.3 is 0 Å². The normalized spacial score (nSPS) is 10.9. The Hall–Kier alpha value is -1.07. The van der Waals surface area contributed by atoms with E-state index < -0.39 is 0 Å². The molecule has 4 nitrogen and oxygen atoms in total. The van der Waals surface area contributed by atoms with Crippen LogP contribution >= 0.6 is 22.9 Å². The van der Waals surface area contributed by atoms with Crippen LogP contribution in [0.25, 0.3) is 0 Å². The lowest BCUT2D eigenvalue weighted by molar-refractivity contribution is 0.665. The van der Waals surface area contributed by atoms with Crippen LogP contribution in [0.1, 0.15) is 16.3 Å². The SMILES string of the molecule is Cc1nn(Cc2cnc(N)s2)c(C)c1Cl. The molecule has 2 aromatic heterocycles. The molecule has 0 aliphatic heterocycles. The van der Waals surface area contributed by atoms with E-state index >= 15 is 0 Å². The van der Waals surface area contributed by atoms with Crippen LogP contribution in [-0.4, -0.2) is 14.8 Å². The van der Waals surface area contributed by atoms with E-state index in [1.54, 1.807) is 6.20 Å². The lowest BCUT2D eigenvalue weighted by atomic mass is 10.4. The van der Waals surface area contributed by atoms with E-state index in [9.17, 15) is 0 Å². The summed E-state index contributed by atoms with van der Waals surface area (Å²) < 4.78 is 1.87. The number of anilines is 1. The van der Waals surface area contributed by atoms with E-state index in [0.29, 0.717) is 11.7 Å². The van der Waals surface area contributed by atoms with Crippen molar-refractivity contribution in [1.29, 1.82) is 0 Å². The van der Waals surface area contributed by atoms with E-state index in [1.165, 1.54) is 11.3 Å². The lowest BCUT2D eigenvalue weighted by Gasteiger charge is -2.00. The molecule has 0 unspecified atom stereocenters. The largest absolute Gasteiger partial charge is 0.375 e. The lowest BCUT2D eigenvalue weighted by Crippen LogP contribution is -2.02. The minimum absolute atomic E-state index is 0.581. The first-order valence-electron chi connectivity index (χ1n) is 4.47. The molecule has 0 saturated heterocycles. The number of nitrogens with zero attached hydrogens (tertiary/aromatic N) is 3. The summed E-state index contributed by atoms with van der Waals surface area (Å²) >= 11 is 7.52. The fourth-order valence-corrected chi connectivity index (χ4v) is 2.17. The third-order valence-corrected chi connectivity index (χ3v) is 3.53. The molecule has 0 aromatic carbocycles. The molecule has 15 heavy (non-hydrogen) atoms. The van der Waals surface area contributed by atoms with E-state index in [-0.39, 0.29) is 0 Å². The standard InChI is InChI=1S/C9H11ClN4S/c1-5-8(10)6(2)14(13-5)4-7-3-12-9(11)15-7/h3H,4H2,1-2H3,(H2,11,12). The molecule has 0 bridgehead atoms. The molecule has 6 heteroatoms. The number of nitrogen functional groups attached to an aromatic ring is 1. The molecule has 80 valence electrons. The second-order valence-corrected chi connectivity index (χ2v) is 4.83. The van der Waals surface area contributed by atoms with Crippen LogP contribution in [-0.2, 0) is 6.54 Å². The maximum absolute atomic E-state index is 6.05. The number of hydrogen-bond acceptors (Lipinski definition) is 4. The minimum atomic E-state index is 0.581. The highest BCUT2D eigenvalue weighted by Crippen LogP contribution is 2.21. The highest BCUT2D eigenvalue weighted by molar-refractivity contribution is 7.15. The van der Waals surface area contributed by atoms with Crippen molar-refractivity contribution in [2.75, 3.05) is 5.73 Å². The maximum Gasteiger partial charge on any atom is 0.180 e. The van der Waals surface area contributed by atoms with Crippen molar-refractivity contribution in [3.05, 3.63) is 27.5 Å². The number of halogens is 1. The van der Waals surface area contributed by atoms with Gasteiger partial charge in [0.1, 0.15) is 0 Å². The number of rotatable bonds is 2. The van der Waals surface area contributed by atoms with Gasteiger partial charge in [-0.3, -0.25) is 4.68 Å². The molecule has 0 atom stereocenters. The summed E-state index contributed by atoms with van der Waals surface area (Å²) in [5.74, 6) is 0. The molecule has 0 radical (unpaired) electrons. The summed E-state index contributed by atoms with van der Waals surface area (Å²) in [7, 11) is 0.